The Labute approximate surface area is 232 Å². The Morgan fingerprint density at radius 3 is 2.53 bits per heavy atom. The molecule has 1 aromatic heterocycles. The van der Waals surface area contributed by atoms with Crippen LogP contribution in [-0.4, -0.2) is 20.6 Å². The Morgan fingerprint density at radius 1 is 1.05 bits per heavy atom. The summed E-state index contributed by atoms with van der Waals surface area (Å²) in [6.45, 7) is 2.28. The van der Waals surface area contributed by atoms with Crippen molar-refractivity contribution >= 4 is 34.9 Å². The molecule has 0 aliphatic carbocycles. The summed E-state index contributed by atoms with van der Waals surface area (Å²) in [5.41, 5.74) is 11.6. The standard InChI is InChI=1S/C31H27Cl2N3O2/c1-2-3-6-23(31(37)38)8-5-16-36-20-29(27-15-14-25(32)19-28(27)33)35-30(36)17-21-10-12-22(13-11-21)24-7-4-9-26(34)18-24/h2-15,18-20H,16-17,34H2,1H3,(H,37,38)/b3-2-,8-5?,23-6+. The third kappa shape index (κ3) is 6.82. The van der Waals surface area contributed by atoms with Gasteiger partial charge in [-0.2, -0.15) is 0 Å². The smallest absolute Gasteiger partial charge is 0.335 e. The lowest BCUT2D eigenvalue weighted by Crippen LogP contribution is -2.03. The highest BCUT2D eigenvalue weighted by atomic mass is 35.5. The second-order valence-electron chi connectivity index (χ2n) is 8.67. The van der Waals surface area contributed by atoms with Gasteiger partial charge in [-0.15, -0.1) is 0 Å². The lowest BCUT2D eigenvalue weighted by Gasteiger charge is -2.07. The first-order valence-electron chi connectivity index (χ1n) is 12.0. The van der Waals surface area contributed by atoms with E-state index in [1.165, 1.54) is 0 Å². The Bertz CT molecular complexity index is 1530. The Balaban J connectivity index is 1.64. The summed E-state index contributed by atoms with van der Waals surface area (Å²) in [5, 5.41) is 10.5. The van der Waals surface area contributed by atoms with Crippen LogP contribution in [-0.2, 0) is 17.8 Å². The van der Waals surface area contributed by atoms with Gasteiger partial charge in [-0.1, -0.05) is 77.8 Å². The maximum absolute atomic E-state index is 11.6. The SMILES string of the molecule is C/C=C\C=C(/C=CCn1cc(-c2ccc(Cl)cc2Cl)nc1Cc1ccc(-c2cccc(N)c2)cc1)C(=O)O. The minimum absolute atomic E-state index is 0.197. The molecule has 0 spiro atoms. The third-order valence-corrected chi connectivity index (χ3v) is 6.46. The van der Waals surface area contributed by atoms with Gasteiger partial charge in [0.25, 0.3) is 0 Å². The van der Waals surface area contributed by atoms with Crippen molar-refractivity contribution in [3.05, 3.63) is 130 Å². The molecule has 0 aliphatic rings. The molecule has 38 heavy (non-hydrogen) atoms. The summed E-state index contributed by atoms with van der Waals surface area (Å²) in [6, 6.07) is 21.4. The number of allylic oxidation sites excluding steroid dienone is 4. The Hall–Kier alpha value is -4.06. The normalized spacial score (nSPS) is 12.0. The van der Waals surface area contributed by atoms with Gasteiger partial charge >= 0.3 is 5.97 Å². The molecule has 192 valence electrons. The number of carboxylic acids is 1. The molecule has 0 fully saturated rings. The van der Waals surface area contributed by atoms with Crippen molar-refractivity contribution in [2.75, 3.05) is 5.73 Å². The molecule has 4 rings (SSSR count). The third-order valence-electron chi connectivity index (χ3n) is 5.92. The van der Waals surface area contributed by atoms with Gasteiger partial charge in [0.05, 0.1) is 16.3 Å². The highest BCUT2D eigenvalue weighted by Crippen LogP contribution is 2.30. The number of benzene rings is 3. The second-order valence-corrected chi connectivity index (χ2v) is 9.52. The van der Waals surface area contributed by atoms with Gasteiger partial charge in [0.1, 0.15) is 5.82 Å². The number of nitrogens with two attached hydrogens (primary N) is 1. The molecule has 0 saturated heterocycles. The minimum Gasteiger partial charge on any atom is -0.478 e. The number of halogens is 2. The number of nitrogens with zero attached hydrogens (tertiary/aromatic N) is 2. The van der Waals surface area contributed by atoms with E-state index in [1.54, 1.807) is 36.4 Å². The van der Waals surface area contributed by atoms with Crippen LogP contribution >= 0.6 is 23.2 Å². The summed E-state index contributed by atoms with van der Waals surface area (Å²) in [5.74, 6) is -0.166. The topological polar surface area (TPSA) is 81.1 Å². The summed E-state index contributed by atoms with van der Waals surface area (Å²) in [6.07, 6.45) is 11.0. The molecule has 4 aromatic rings. The molecule has 7 heteroatoms. The van der Waals surface area contributed by atoms with Gasteiger partial charge in [0.2, 0.25) is 0 Å². The van der Waals surface area contributed by atoms with Crippen LogP contribution in [0, 0.1) is 0 Å². The number of rotatable bonds is 9. The molecule has 3 N–H and O–H groups in total. The van der Waals surface area contributed by atoms with E-state index in [9.17, 15) is 9.90 Å². The molecule has 3 aromatic carbocycles. The number of carboxylic acid groups (broad SMARTS) is 1. The molecule has 0 unspecified atom stereocenters. The summed E-state index contributed by atoms with van der Waals surface area (Å²) < 4.78 is 2.00. The number of hydrogen-bond donors (Lipinski definition) is 2. The van der Waals surface area contributed by atoms with E-state index < -0.39 is 5.97 Å². The van der Waals surface area contributed by atoms with E-state index in [4.69, 9.17) is 33.9 Å². The highest BCUT2D eigenvalue weighted by Gasteiger charge is 2.13. The highest BCUT2D eigenvalue weighted by molar-refractivity contribution is 6.36. The molecule has 1 heterocycles. The van der Waals surface area contributed by atoms with E-state index in [0.29, 0.717) is 23.0 Å². The van der Waals surface area contributed by atoms with Crippen LogP contribution in [0.3, 0.4) is 0 Å². The largest absolute Gasteiger partial charge is 0.478 e. The molecule has 0 amide bonds. The van der Waals surface area contributed by atoms with Crippen molar-refractivity contribution in [1.82, 2.24) is 9.55 Å². The van der Waals surface area contributed by atoms with Gasteiger partial charge in [0.15, 0.2) is 0 Å². The molecule has 0 atom stereocenters. The van der Waals surface area contributed by atoms with Crippen LogP contribution in [0.2, 0.25) is 10.0 Å². The van der Waals surface area contributed by atoms with Gasteiger partial charge in [-0.3, -0.25) is 0 Å². The van der Waals surface area contributed by atoms with E-state index in [0.717, 1.165) is 39.5 Å². The number of hydrogen-bond acceptors (Lipinski definition) is 3. The van der Waals surface area contributed by atoms with Gasteiger partial charge in [-0.25, -0.2) is 9.78 Å². The van der Waals surface area contributed by atoms with Gasteiger partial charge in [-0.05, 0) is 66.1 Å². The van der Waals surface area contributed by atoms with Crippen LogP contribution in [0.5, 0.6) is 0 Å². The van der Waals surface area contributed by atoms with Gasteiger partial charge < -0.3 is 15.4 Å². The first-order chi connectivity index (χ1) is 18.3. The molecular formula is C31H27Cl2N3O2. The molecule has 0 saturated carbocycles. The maximum Gasteiger partial charge on any atom is 0.335 e. The summed E-state index contributed by atoms with van der Waals surface area (Å²) >= 11 is 12.6. The van der Waals surface area contributed by atoms with Crippen molar-refractivity contribution in [2.24, 2.45) is 0 Å². The Morgan fingerprint density at radius 2 is 1.84 bits per heavy atom. The van der Waals surface area contributed by atoms with Crippen molar-refractivity contribution < 1.29 is 9.90 Å². The van der Waals surface area contributed by atoms with Crippen LogP contribution in [0.25, 0.3) is 22.4 Å². The first-order valence-corrected chi connectivity index (χ1v) is 12.8. The van der Waals surface area contributed by atoms with Gasteiger partial charge in [0, 0.05) is 35.4 Å². The van der Waals surface area contributed by atoms with E-state index >= 15 is 0 Å². The fourth-order valence-electron chi connectivity index (χ4n) is 3.99. The first kappa shape index (κ1) is 27.0. The average Bonchev–Trinajstić information content (AvgIpc) is 3.28. The fourth-order valence-corrected chi connectivity index (χ4v) is 4.49. The molecule has 0 radical (unpaired) electrons. The van der Waals surface area contributed by atoms with Crippen molar-refractivity contribution in [3.8, 4) is 22.4 Å². The zero-order valence-electron chi connectivity index (χ0n) is 20.8. The molecule has 0 bridgehead atoms. The molecule has 0 aliphatic heterocycles. The minimum atomic E-state index is -0.987. The van der Waals surface area contributed by atoms with Crippen molar-refractivity contribution in [3.63, 3.8) is 0 Å². The van der Waals surface area contributed by atoms with Crippen LogP contribution in [0.15, 0.2) is 109 Å². The maximum atomic E-state index is 11.6. The number of carbonyl (C=O) groups is 1. The Kier molecular flexibility index (Phi) is 8.85. The number of aliphatic carboxylic acids is 1. The summed E-state index contributed by atoms with van der Waals surface area (Å²) in [7, 11) is 0. The quantitative estimate of drug-likeness (QED) is 0.128. The zero-order valence-corrected chi connectivity index (χ0v) is 22.3. The van der Waals surface area contributed by atoms with Crippen LogP contribution in [0.1, 0.15) is 18.3 Å². The number of aromatic nitrogens is 2. The fraction of sp³-hybridized carbons (Fsp3) is 0.0968. The molecular weight excluding hydrogens is 517 g/mol. The van der Waals surface area contributed by atoms with E-state index in [-0.39, 0.29) is 5.57 Å². The number of imidazole rings is 1. The lowest BCUT2D eigenvalue weighted by atomic mass is 10.0. The van der Waals surface area contributed by atoms with Crippen molar-refractivity contribution in [2.45, 2.75) is 19.9 Å². The lowest BCUT2D eigenvalue weighted by molar-refractivity contribution is -0.132. The number of anilines is 1. The van der Waals surface area contributed by atoms with E-state index in [2.05, 4.69) is 24.3 Å². The second kappa shape index (κ2) is 12.5. The summed E-state index contributed by atoms with van der Waals surface area (Å²) in [4.78, 5) is 16.4. The zero-order chi connectivity index (χ0) is 27.1. The van der Waals surface area contributed by atoms with Crippen LogP contribution in [0.4, 0.5) is 5.69 Å². The average molecular weight is 544 g/mol. The van der Waals surface area contributed by atoms with Crippen LogP contribution < -0.4 is 5.73 Å². The van der Waals surface area contributed by atoms with E-state index in [1.807, 2.05) is 54.1 Å². The number of nitrogen functional groups attached to an aromatic ring is 1. The van der Waals surface area contributed by atoms with Crippen molar-refractivity contribution in [1.29, 1.82) is 0 Å². The molecule has 5 nitrogen and oxygen atoms in total. The monoisotopic (exact) mass is 543 g/mol. The predicted molar refractivity (Wildman–Crippen MR) is 156 cm³/mol. The predicted octanol–water partition coefficient (Wildman–Crippen LogP) is 7.84.